The Balaban J connectivity index is 1.92. The molecule has 0 aromatic heterocycles. The van der Waals surface area contributed by atoms with Crippen molar-refractivity contribution in [2.24, 2.45) is 23.7 Å². The molecule has 0 spiro atoms. The number of carbonyl (C=O) groups excluding carboxylic acids is 4. The molecule has 2 saturated heterocycles. The Labute approximate surface area is 90.8 Å². The molecule has 2 N–H and O–H groups in total. The SMILES string of the molecule is O=C1NC(=O)C2C[C@H]3C(=O)NC(=O)C3CC12. The molecule has 0 bridgehead atoms. The fourth-order valence-corrected chi connectivity index (χ4v) is 2.98. The molecule has 0 radical (unpaired) electrons. The Kier molecular flexibility index (Phi) is 1.72. The van der Waals surface area contributed by atoms with Gasteiger partial charge in [-0.25, -0.2) is 0 Å². The van der Waals surface area contributed by atoms with Crippen LogP contribution in [0.1, 0.15) is 12.8 Å². The van der Waals surface area contributed by atoms with Crippen molar-refractivity contribution in [2.45, 2.75) is 12.8 Å². The van der Waals surface area contributed by atoms with Crippen molar-refractivity contribution in [1.82, 2.24) is 10.6 Å². The summed E-state index contributed by atoms with van der Waals surface area (Å²) in [6.07, 6.45) is 0.620. The van der Waals surface area contributed by atoms with Crippen LogP contribution in [-0.4, -0.2) is 23.6 Å². The first-order chi connectivity index (χ1) is 7.58. The Morgan fingerprint density at radius 2 is 0.875 bits per heavy atom. The third kappa shape index (κ3) is 1.07. The van der Waals surface area contributed by atoms with Crippen molar-refractivity contribution >= 4 is 23.6 Å². The fraction of sp³-hybridized carbons (Fsp3) is 0.600. The van der Waals surface area contributed by atoms with Crippen LogP contribution in [0.25, 0.3) is 0 Å². The standard InChI is InChI=1S/C10H10N2O4/c13-7-3-1-4-6(10(16)12-8(4)14)2-5(3)9(15)11-7/h3-6H,1-2H2,(H,11,13,15)(H,12,14,16)/t3-,4?,5?,6?/m1/s1. The summed E-state index contributed by atoms with van der Waals surface area (Å²) in [5, 5.41) is 4.51. The molecule has 3 fully saturated rings. The van der Waals surface area contributed by atoms with Gasteiger partial charge in [-0.2, -0.15) is 0 Å². The van der Waals surface area contributed by atoms with Crippen molar-refractivity contribution in [3.8, 4) is 0 Å². The first kappa shape index (κ1) is 9.50. The maximum absolute atomic E-state index is 11.4. The summed E-state index contributed by atoms with van der Waals surface area (Å²) in [7, 11) is 0. The van der Waals surface area contributed by atoms with Crippen molar-refractivity contribution in [2.75, 3.05) is 0 Å². The van der Waals surface area contributed by atoms with Gasteiger partial charge in [0.05, 0.1) is 23.7 Å². The number of rotatable bonds is 0. The molecule has 4 atom stereocenters. The highest BCUT2D eigenvalue weighted by molar-refractivity contribution is 6.09. The summed E-state index contributed by atoms with van der Waals surface area (Å²) in [5.41, 5.74) is 0. The Bertz CT molecular complexity index is 355. The molecule has 3 unspecified atom stereocenters. The Morgan fingerprint density at radius 3 is 1.12 bits per heavy atom. The highest BCUT2D eigenvalue weighted by Crippen LogP contribution is 2.43. The molecule has 1 aliphatic carbocycles. The lowest BCUT2D eigenvalue weighted by Crippen LogP contribution is -2.35. The number of amides is 4. The third-order valence-corrected chi connectivity index (χ3v) is 3.83. The highest BCUT2D eigenvalue weighted by atomic mass is 16.2. The van der Waals surface area contributed by atoms with Crippen LogP contribution in [0.5, 0.6) is 0 Å². The molecule has 6 heteroatoms. The summed E-state index contributed by atoms with van der Waals surface area (Å²) in [4.78, 5) is 45.8. The zero-order chi connectivity index (χ0) is 11.4. The van der Waals surface area contributed by atoms with Gasteiger partial charge in [0.1, 0.15) is 0 Å². The maximum atomic E-state index is 11.4. The Morgan fingerprint density at radius 1 is 0.625 bits per heavy atom. The summed E-state index contributed by atoms with van der Waals surface area (Å²) in [6.45, 7) is 0. The van der Waals surface area contributed by atoms with Gasteiger partial charge in [-0.1, -0.05) is 0 Å². The molecule has 6 nitrogen and oxygen atoms in total. The predicted molar refractivity (Wildman–Crippen MR) is 49.5 cm³/mol. The summed E-state index contributed by atoms with van der Waals surface area (Å²) >= 11 is 0. The van der Waals surface area contributed by atoms with Crippen molar-refractivity contribution in [1.29, 1.82) is 0 Å². The number of imide groups is 2. The van der Waals surface area contributed by atoms with Gasteiger partial charge in [0.25, 0.3) is 0 Å². The van der Waals surface area contributed by atoms with Crippen LogP contribution in [0.15, 0.2) is 0 Å². The smallest absolute Gasteiger partial charge is 0.230 e. The normalized spacial score (nSPS) is 41.5. The van der Waals surface area contributed by atoms with E-state index < -0.39 is 23.7 Å². The number of hydrogen-bond acceptors (Lipinski definition) is 4. The summed E-state index contributed by atoms with van der Waals surface area (Å²) in [6, 6.07) is 0. The highest BCUT2D eigenvalue weighted by Gasteiger charge is 2.54. The van der Waals surface area contributed by atoms with Crippen LogP contribution in [0, 0.1) is 23.7 Å². The van der Waals surface area contributed by atoms with E-state index >= 15 is 0 Å². The fourth-order valence-electron chi connectivity index (χ4n) is 2.98. The zero-order valence-electron chi connectivity index (χ0n) is 8.36. The van der Waals surface area contributed by atoms with Gasteiger partial charge in [-0.05, 0) is 12.8 Å². The average molecular weight is 222 g/mol. The van der Waals surface area contributed by atoms with Gasteiger partial charge in [-0.15, -0.1) is 0 Å². The van der Waals surface area contributed by atoms with Gasteiger partial charge < -0.3 is 0 Å². The lowest BCUT2D eigenvalue weighted by molar-refractivity contribution is -0.129. The molecule has 2 heterocycles. The van der Waals surface area contributed by atoms with E-state index in [1.807, 2.05) is 0 Å². The van der Waals surface area contributed by atoms with Gasteiger partial charge in [0.2, 0.25) is 23.6 Å². The van der Waals surface area contributed by atoms with Crippen LogP contribution in [0.4, 0.5) is 0 Å². The summed E-state index contributed by atoms with van der Waals surface area (Å²) < 4.78 is 0. The van der Waals surface area contributed by atoms with Crippen LogP contribution in [0.2, 0.25) is 0 Å². The van der Waals surface area contributed by atoms with Crippen molar-refractivity contribution in [3.63, 3.8) is 0 Å². The first-order valence-electron chi connectivity index (χ1n) is 5.27. The maximum Gasteiger partial charge on any atom is 0.230 e. The quantitative estimate of drug-likeness (QED) is 0.491. The van der Waals surface area contributed by atoms with Crippen LogP contribution < -0.4 is 10.6 Å². The van der Waals surface area contributed by atoms with Crippen LogP contribution in [-0.2, 0) is 19.2 Å². The number of hydrogen-bond donors (Lipinski definition) is 2. The lowest BCUT2D eigenvalue weighted by Gasteiger charge is -2.28. The van der Waals surface area contributed by atoms with E-state index in [1.165, 1.54) is 0 Å². The number of fused-ring (bicyclic) bond motifs is 2. The van der Waals surface area contributed by atoms with E-state index in [-0.39, 0.29) is 23.6 Å². The second-order valence-corrected chi connectivity index (χ2v) is 4.60. The topological polar surface area (TPSA) is 92.3 Å². The van der Waals surface area contributed by atoms with Crippen LogP contribution >= 0.6 is 0 Å². The van der Waals surface area contributed by atoms with E-state index in [0.717, 1.165) is 0 Å². The van der Waals surface area contributed by atoms with Gasteiger partial charge >= 0.3 is 0 Å². The molecule has 16 heavy (non-hydrogen) atoms. The second-order valence-electron chi connectivity index (χ2n) is 4.60. The molecular formula is C10H10N2O4. The zero-order valence-corrected chi connectivity index (χ0v) is 8.36. The Hall–Kier alpha value is -1.72. The summed E-state index contributed by atoms with van der Waals surface area (Å²) in [5.74, 6) is -2.92. The minimum atomic E-state index is -0.426. The number of nitrogens with one attached hydrogen (secondary N) is 2. The van der Waals surface area contributed by atoms with E-state index in [2.05, 4.69) is 10.6 Å². The monoisotopic (exact) mass is 222 g/mol. The largest absolute Gasteiger partial charge is 0.296 e. The minimum absolute atomic E-state index is 0.305. The molecular weight excluding hydrogens is 212 g/mol. The van der Waals surface area contributed by atoms with Crippen molar-refractivity contribution in [3.05, 3.63) is 0 Å². The van der Waals surface area contributed by atoms with E-state index in [9.17, 15) is 19.2 Å². The van der Waals surface area contributed by atoms with E-state index in [1.54, 1.807) is 0 Å². The second kappa shape index (κ2) is 2.90. The molecule has 0 aromatic rings. The van der Waals surface area contributed by atoms with E-state index in [4.69, 9.17) is 0 Å². The van der Waals surface area contributed by atoms with Gasteiger partial charge in [0.15, 0.2) is 0 Å². The molecule has 0 aromatic carbocycles. The third-order valence-electron chi connectivity index (χ3n) is 3.83. The number of carbonyl (C=O) groups is 4. The van der Waals surface area contributed by atoms with Gasteiger partial charge in [0, 0.05) is 0 Å². The van der Waals surface area contributed by atoms with E-state index in [0.29, 0.717) is 12.8 Å². The van der Waals surface area contributed by atoms with Gasteiger partial charge in [-0.3, -0.25) is 29.8 Å². The molecule has 3 aliphatic rings. The van der Waals surface area contributed by atoms with Crippen LogP contribution in [0.3, 0.4) is 0 Å². The molecule has 3 rings (SSSR count). The molecule has 4 amide bonds. The first-order valence-corrected chi connectivity index (χ1v) is 5.27. The molecule has 1 saturated carbocycles. The molecule has 2 aliphatic heterocycles. The van der Waals surface area contributed by atoms with Crippen molar-refractivity contribution < 1.29 is 19.2 Å². The average Bonchev–Trinajstić information content (AvgIpc) is 2.67. The minimum Gasteiger partial charge on any atom is -0.296 e. The predicted octanol–water partition coefficient (Wildman–Crippen LogP) is -1.44. The lowest BCUT2D eigenvalue weighted by atomic mass is 9.70. The molecule has 84 valence electrons.